The lowest BCUT2D eigenvalue weighted by molar-refractivity contribution is -0.384. The first-order valence-electron chi connectivity index (χ1n) is 8.95. The van der Waals surface area contributed by atoms with Crippen LogP contribution in [-0.4, -0.2) is 32.8 Å². The molecule has 0 amide bonds. The SMILES string of the molecule is CCOc1ccc(N2CCn3c(SCc4cccc([N+](=O)[O-])c4)nnc32)cc1. The van der Waals surface area contributed by atoms with Crippen molar-refractivity contribution in [2.24, 2.45) is 0 Å². The van der Waals surface area contributed by atoms with E-state index in [1.165, 1.54) is 17.8 Å². The summed E-state index contributed by atoms with van der Waals surface area (Å²) < 4.78 is 7.58. The van der Waals surface area contributed by atoms with Crippen LogP contribution in [0.15, 0.2) is 53.7 Å². The number of aromatic nitrogens is 3. The number of hydrogen-bond acceptors (Lipinski definition) is 7. The van der Waals surface area contributed by atoms with E-state index < -0.39 is 0 Å². The van der Waals surface area contributed by atoms with Crippen molar-refractivity contribution in [2.45, 2.75) is 24.4 Å². The molecule has 0 saturated heterocycles. The van der Waals surface area contributed by atoms with E-state index in [0.29, 0.717) is 12.4 Å². The van der Waals surface area contributed by atoms with Crippen molar-refractivity contribution in [2.75, 3.05) is 18.1 Å². The Balaban J connectivity index is 1.47. The molecule has 0 atom stereocenters. The summed E-state index contributed by atoms with van der Waals surface area (Å²) in [6.07, 6.45) is 0. The van der Waals surface area contributed by atoms with Gasteiger partial charge in [0.2, 0.25) is 5.95 Å². The summed E-state index contributed by atoms with van der Waals surface area (Å²) in [5.74, 6) is 2.26. The van der Waals surface area contributed by atoms with Crippen molar-refractivity contribution in [1.29, 1.82) is 0 Å². The van der Waals surface area contributed by atoms with Gasteiger partial charge in [-0.15, -0.1) is 10.2 Å². The Hall–Kier alpha value is -3.07. The summed E-state index contributed by atoms with van der Waals surface area (Å²) in [6, 6.07) is 14.6. The van der Waals surface area contributed by atoms with Gasteiger partial charge in [0, 0.05) is 36.7 Å². The molecule has 1 aliphatic rings. The van der Waals surface area contributed by atoms with E-state index in [2.05, 4.69) is 19.7 Å². The molecule has 0 aliphatic carbocycles. The molecule has 0 N–H and O–H groups in total. The Morgan fingerprint density at radius 2 is 2.00 bits per heavy atom. The Kier molecular flexibility index (Phi) is 5.16. The third kappa shape index (κ3) is 3.65. The zero-order chi connectivity index (χ0) is 19.5. The van der Waals surface area contributed by atoms with E-state index in [1.807, 2.05) is 37.3 Å². The van der Waals surface area contributed by atoms with Gasteiger partial charge in [-0.1, -0.05) is 23.9 Å². The highest BCUT2D eigenvalue weighted by molar-refractivity contribution is 7.98. The van der Waals surface area contributed by atoms with Crippen molar-refractivity contribution >= 4 is 29.1 Å². The molecule has 0 bridgehead atoms. The normalized spacial score (nSPS) is 12.8. The van der Waals surface area contributed by atoms with E-state index in [4.69, 9.17) is 4.74 Å². The minimum atomic E-state index is -0.377. The maximum Gasteiger partial charge on any atom is 0.269 e. The van der Waals surface area contributed by atoms with Gasteiger partial charge >= 0.3 is 0 Å². The van der Waals surface area contributed by atoms with Gasteiger partial charge in [-0.2, -0.15) is 0 Å². The molecule has 28 heavy (non-hydrogen) atoms. The first kappa shape index (κ1) is 18.3. The number of benzene rings is 2. The number of nitro benzene ring substituents is 1. The van der Waals surface area contributed by atoms with Crippen LogP contribution in [0, 0.1) is 10.1 Å². The van der Waals surface area contributed by atoms with Crippen molar-refractivity contribution in [3.05, 3.63) is 64.2 Å². The van der Waals surface area contributed by atoms with Gasteiger partial charge in [-0.25, -0.2) is 0 Å². The third-order valence-corrected chi connectivity index (χ3v) is 5.47. The molecule has 9 heteroatoms. The molecule has 1 aromatic heterocycles. The topological polar surface area (TPSA) is 86.3 Å². The number of ether oxygens (including phenoxy) is 1. The van der Waals surface area contributed by atoms with E-state index >= 15 is 0 Å². The van der Waals surface area contributed by atoms with Gasteiger partial charge < -0.3 is 9.64 Å². The van der Waals surface area contributed by atoms with Gasteiger partial charge in [0.05, 0.1) is 11.5 Å². The highest BCUT2D eigenvalue weighted by atomic mass is 32.2. The second-order valence-corrected chi connectivity index (χ2v) is 7.17. The molecule has 4 rings (SSSR count). The summed E-state index contributed by atoms with van der Waals surface area (Å²) in [5.41, 5.74) is 2.04. The summed E-state index contributed by atoms with van der Waals surface area (Å²) in [7, 11) is 0. The molecule has 144 valence electrons. The van der Waals surface area contributed by atoms with Crippen LogP contribution in [0.3, 0.4) is 0 Å². The monoisotopic (exact) mass is 397 g/mol. The first-order chi connectivity index (χ1) is 13.7. The maximum absolute atomic E-state index is 10.9. The summed E-state index contributed by atoms with van der Waals surface area (Å²) in [4.78, 5) is 12.7. The Morgan fingerprint density at radius 1 is 1.18 bits per heavy atom. The Bertz CT molecular complexity index is 989. The first-order valence-corrected chi connectivity index (χ1v) is 9.94. The van der Waals surface area contributed by atoms with Crippen LogP contribution in [0.1, 0.15) is 12.5 Å². The van der Waals surface area contributed by atoms with Gasteiger partial charge in [-0.3, -0.25) is 14.7 Å². The highest BCUT2D eigenvalue weighted by Crippen LogP contribution is 2.34. The number of hydrogen-bond donors (Lipinski definition) is 0. The lowest BCUT2D eigenvalue weighted by atomic mass is 10.2. The summed E-state index contributed by atoms with van der Waals surface area (Å²) in [6.45, 7) is 4.22. The highest BCUT2D eigenvalue weighted by Gasteiger charge is 2.26. The van der Waals surface area contributed by atoms with Crippen molar-refractivity contribution in [1.82, 2.24) is 14.8 Å². The van der Waals surface area contributed by atoms with E-state index in [-0.39, 0.29) is 10.6 Å². The maximum atomic E-state index is 10.9. The smallest absolute Gasteiger partial charge is 0.269 e. The Morgan fingerprint density at radius 3 is 2.75 bits per heavy atom. The second-order valence-electron chi connectivity index (χ2n) is 6.23. The van der Waals surface area contributed by atoms with Crippen LogP contribution in [-0.2, 0) is 12.3 Å². The van der Waals surface area contributed by atoms with Crippen molar-refractivity contribution in [3.63, 3.8) is 0 Å². The Labute approximate surface area is 166 Å². The zero-order valence-corrected chi connectivity index (χ0v) is 16.1. The quantitative estimate of drug-likeness (QED) is 0.338. The predicted octanol–water partition coefficient (Wildman–Crippen LogP) is 4.03. The van der Waals surface area contributed by atoms with E-state index in [0.717, 1.165) is 41.2 Å². The van der Waals surface area contributed by atoms with Crippen LogP contribution in [0.5, 0.6) is 5.75 Å². The molecule has 0 unspecified atom stereocenters. The molecule has 3 aromatic rings. The molecule has 0 radical (unpaired) electrons. The lowest BCUT2D eigenvalue weighted by Gasteiger charge is -2.15. The number of rotatable bonds is 7. The van der Waals surface area contributed by atoms with Crippen LogP contribution >= 0.6 is 11.8 Å². The molecular weight excluding hydrogens is 378 g/mol. The minimum absolute atomic E-state index is 0.103. The fourth-order valence-corrected chi connectivity index (χ4v) is 4.03. The van der Waals surface area contributed by atoms with E-state index in [1.54, 1.807) is 12.1 Å². The van der Waals surface area contributed by atoms with Gasteiger partial charge in [0.15, 0.2) is 5.16 Å². The van der Waals surface area contributed by atoms with Crippen LogP contribution in [0.4, 0.5) is 17.3 Å². The molecule has 2 heterocycles. The molecule has 8 nitrogen and oxygen atoms in total. The van der Waals surface area contributed by atoms with Gasteiger partial charge in [0.25, 0.3) is 5.69 Å². The molecule has 0 saturated carbocycles. The second kappa shape index (κ2) is 7.89. The third-order valence-electron chi connectivity index (χ3n) is 4.43. The number of anilines is 2. The minimum Gasteiger partial charge on any atom is -0.494 e. The fraction of sp³-hybridized carbons (Fsp3) is 0.263. The number of thioether (sulfide) groups is 1. The van der Waals surface area contributed by atoms with E-state index in [9.17, 15) is 10.1 Å². The molecule has 1 aliphatic heterocycles. The predicted molar refractivity (Wildman–Crippen MR) is 107 cm³/mol. The zero-order valence-electron chi connectivity index (χ0n) is 15.3. The molecule has 0 fully saturated rings. The number of nitro groups is 1. The number of nitrogens with zero attached hydrogens (tertiary/aromatic N) is 5. The molecule has 0 spiro atoms. The summed E-state index contributed by atoms with van der Waals surface area (Å²) >= 11 is 1.53. The molecule has 2 aromatic carbocycles. The molecular formula is C19H19N5O3S. The van der Waals surface area contributed by atoms with Crippen LogP contribution < -0.4 is 9.64 Å². The van der Waals surface area contributed by atoms with Crippen molar-refractivity contribution < 1.29 is 9.66 Å². The number of non-ortho nitro benzene ring substituents is 1. The van der Waals surface area contributed by atoms with Gasteiger partial charge in [-0.05, 0) is 36.8 Å². The lowest BCUT2D eigenvalue weighted by Crippen LogP contribution is -2.14. The summed E-state index contributed by atoms with van der Waals surface area (Å²) in [5, 5.41) is 20.4. The van der Waals surface area contributed by atoms with Crippen molar-refractivity contribution in [3.8, 4) is 5.75 Å². The van der Waals surface area contributed by atoms with Crippen LogP contribution in [0.2, 0.25) is 0 Å². The van der Waals surface area contributed by atoms with Gasteiger partial charge in [0.1, 0.15) is 5.75 Å². The standard InChI is InChI=1S/C19H19N5O3S/c1-2-27-17-8-6-15(7-9-17)22-10-11-23-18(22)20-21-19(23)28-13-14-4-3-5-16(12-14)24(25)26/h3-9,12H,2,10-11,13H2,1H3. The average Bonchev–Trinajstić information content (AvgIpc) is 3.30. The van der Waals surface area contributed by atoms with Crippen LogP contribution in [0.25, 0.3) is 0 Å². The average molecular weight is 397 g/mol. The number of fused-ring (bicyclic) bond motifs is 1. The largest absolute Gasteiger partial charge is 0.494 e. The fourth-order valence-electron chi connectivity index (χ4n) is 3.12.